The van der Waals surface area contributed by atoms with E-state index in [2.05, 4.69) is 21.0 Å². The summed E-state index contributed by atoms with van der Waals surface area (Å²) in [5.74, 6) is 0.759. The zero-order chi connectivity index (χ0) is 22.3. The third-order valence-corrected chi connectivity index (χ3v) is 5.86. The van der Waals surface area contributed by atoms with Crippen molar-refractivity contribution in [1.29, 1.82) is 0 Å². The fourth-order valence-electron chi connectivity index (χ4n) is 3.43. The van der Waals surface area contributed by atoms with Crippen LogP contribution in [0.15, 0.2) is 65.5 Å². The number of thiophene rings is 1. The van der Waals surface area contributed by atoms with E-state index in [0.29, 0.717) is 30.8 Å². The zero-order valence-electron chi connectivity index (χ0n) is 17.8. The van der Waals surface area contributed by atoms with Crippen molar-refractivity contribution in [2.75, 3.05) is 18.2 Å². The molecule has 8 heteroatoms. The molecule has 0 saturated carbocycles. The first kappa shape index (κ1) is 21.6. The molecule has 7 nitrogen and oxygen atoms in total. The lowest BCUT2D eigenvalue weighted by Crippen LogP contribution is -2.13. The summed E-state index contributed by atoms with van der Waals surface area (Å²) in [4.78, 5) is 12.5. The predicted octanol–water partition coefficient (Wildman–Crippen LogP) is 4.41. The lowest BCUT2D eigenvalue weighted by atomic mass is 10.1. The van der Waals surface area contributed by atoms with E-state index in [4.69, 9.17) is 10.5 Å². The van der Waals surface area contributed by atoms with Crippen LogP contribution in [-0.2, 0) is 24.2 Å². The molecule has 2 aromatic carbocycles. The maximum absolute atomic E-state index is 12.5. The van der Waals surface area contributed by atoms with Crippen LogP contribution in [0, 0.1) is 0 Å². The monoisotopic (exact) mass is 447 g/mol. The van der Waals surface area contributed by atoms with Crippen LogP contribution in [0.1, 0.15) is 17.7 Å². The molecule has 3 N–H and O–H groups in total. The van der Waals surface area contributed by atoms with E-state index in [-0.39, 0.29) is 5.91 Å². The molecule has 2 aromatic heterocycles. The fraction of sp³-hybridized carbons (Fsp3) is 0.208. The van der Waals surface area contributed by atoms with Crippen molar-refractivity contribution in [3.8, 4) is 16.9 Å². The highest BCUT2D eigenvalue weighted by atomic mass is 32.1. The number of carbonyl (C=O) groups is 1. The van der Waals surface area contributed by atoms with Gasteiger partial charge in [0.2, 0.25) is 5.91 Å². The maximum Gasteiger partial charge on any atom is 0.224 e. The number of hydrogen-bond acceptors (Lipinski definition) is 6. The third kappa shape index (κ3) is 5.33. The van der Waals surface area contributed by atoms with E-state index in [1.54, 1.807) is 23.1 Å². The predicted molar refractivity (Wildman–Crippen MR) is 128 cm³/mol. The summed E-state index contributed by atoms with van der Waals surface area (Å²) in [6.07, 6.45) is 3.47. The van der Waals surface area contributed by atoms with E-state index in [9.17, 15) is 4.79 Å². The molecule has 0 atom stereocenters. The number of methoxy groups -OCH3 is 1. The largest absolute Gasteiger partial charge is 0.496 e. The van der Waals surface area contributed by atoms with Gasteiger partial charge in [0, 0.05) is 25.6 Å². The van der Waals surface area contributed by atoms with Gasteiger partial charge in [0.15, 0.2) is 0 Å². The van der Waals surface area contributed by atoms with Crippen molar-refractivity contribution < 1.29 is 9.53 Å². The van der Waals surface area contributed by atoms with Crippen LogP contribution in [0.2, 0.25) is 0 Å². The lowest BCUT2D eigenvalue weighted by Gasteiger charge is -2.10. The van der Waals surface area contributed by atoms with Crippen LogP contribution in [0.25, 0.3) is 11.1 Å². The summed E-state index contributed by atoms with van der Waals surface area (Å²) in [7, 11) is 1.67. The summed E-state index contributed by atoms with van der Waals surface area (Å²) >= 11 is 1.63. The van der Waals surface area contributed by atoms with Gasteiger partial charge in [-0.2, -0.15) is 11.3 Å². The van der Waals surface area contributed by atoms with Gasteiger partial charge in [-0.1, -0.05) is 29.5 Å². The number of benzene rings is 2. The van der Waals surface area contributed by atoms with Gasteiger partial charge in [-0.3, -0.25) is 9.48 Å². The molecule has 0 bridgehead atoms. The molecule has 0 fully saturated rings. The zero-order valence-corrected chi connectivity index (χ0v) is 18.6. The quantitative estimate of drug-likeness (QED) is 0.371. The minimum absolute atomic E-state index is 0.109. The Morgan fingerprint density at radius 1 is 1.16 bits per heavy atom. The summed E-state index contributed by atoms with van der Waals surface area (Å²) in [5.41, 5.74) is 11.2. The Balaban J connectivity index is 1.30. The number of amides is 1. The Morgan fingerprint density at radius 3 is 2.84 bits per heavy atom. The highest BCUT2D eigenvalue weighted by Gasteiger charge is 2.10. The molecule has 0 radical (unpaired) electrons. The average molecular weight is 448 g/mol. The van der Waals surface area contributed by atoms with E-state index < -0.39 is 0 Å². The Kier molecular flexibility index (Phi) is 6.81. The Morgan fingerprint density at radius 2 is 2.03 bits per heavy atom. The molecule has 4 aromatic rings. The highest BCUT2D eigenvalue weighted by Crippen LogP contribution is 2.28. The van der Waals surface area contributed by atoms with E-state index >= 15 is 0 Å². The highest BCUT2D eigenvalue weighted by molar-refractivity contribution is 7.08. The second kappa shape index (κ2) is 10.1. The number of hydrogen-bond donors (Lipinski definition) is 2. The van der Waals surface area contributed by atoms with Crippen LogP contribution >= 0.6 is 11.3 Å². The number of para-hydroxylation sites is 1. The summed E-state index contributed by atoms with van der Waals surface area (Å²) in [5, 5.41) is 15.4. The minimum atomic E-state index is -0.109. The molecule has 32 heavy (non-hydrogen) atoms. The number of aryl methyl sites for hydroxylation is 3. The van der Waals surface area contributed by atoms with Gasteiger partial charge in [0.05, 0.1) is 24.2 Å². The number of anilines is 2. The molecule has 0 spiro atoms. The van der Waals surface area contributed by atoms with Gasteiger partial charge in [-0.05, 0) is 58.1 Å². The third-order valence-electron chi connectivity index (χ3n) is 5.18. The van der Waals surface area contributed by atoms with E-state index in [0.717, 1.165) is 34.6 Å². The minimum Gasteiger partial charge on any atom is -0.496 e. The first-order chi connectivity index (χ1) is 15.6. The van der Waals surface area contributed by atoms with Crippen LogP contribution in [0.5, 0.6) is 5.75 Å². The van der Waals surface area contributed by atoms with Crippen LogP contribution in [-0.4, -0.2) is 28.0 Å². The standard InChI is InChI=1S/C24H25N5O2S/c1-31-23-5-3-2-4-17(23)10-12-29-15-20(27-28-29)7-9-24(30)26-22-14-18(6-8-21(22)25)19-11-13-32-16-19/h2-6,8,11,13-16H,7,9-10,12,25H2,1H3,(H,26,30). The van der Waals surface area contributed by atoms with Crippen molar-refractivity contribution in [2.24, 2.45) is 0 Å². The van der Waals surface area contributed by atoms with E-state index in [1.165, 1.54) is 0 Å². The molecule has 0 aliphatic rings. The van der Waals surface area contributed by atoms with Gasteiger partial charge in [0.25, 0.3) is 0 Å². The Bertz CT molecular complexity index is 1190. The fourth-order valence-corrected chi connectivity index (χ4v) is 4.10. The first-order valence-electron chi connectivity index (χ1n) is 10.4. The number of aromatic nitrogens is 3. The molecule has 2 heterocycles. The number of nitrogen functional groups attached to an aromatic ring is 1. The van der Waals surface area contributed by atoms with Gasteiger partial charge in [-0.15, -0.1) is 5.10 Å². The molecule has 1 amide bonds. The molecule has 0 saturated heterocycles. The summed E-state index contributed by atoms with van der Waals surface area (Å²) in [6.45, 7) is 0.686. The molecule has 0 aliphatic heterocycles. The smallest absolute Gasteiger partial charge is 0.224 e. The van der Waals surface area contributed by atoms with Gasteiger partial charge in [-0.25, -0.2) is 0 Å². The number of nitrogens with zero attached hydrogens (tertiary/aromatic N) is 3. The molecule has 0 unspecified atom stereocenters. The number of ether oxygens (including phenoxy) is 1. The van der Waals surface area contributed by atoms with Crippen LogP contribution in [0.3, 0.4) is 0 Å². The summed E-state index contributed by atoms with van der Waals surface area (Å²) < 4.78 is 7.18. The maximum atomic E-state index is 12.5. The van der Waals surface area contributed by atoms with Gasteiger partial charge < -0.3 is 15.8 Å². The van der Waals surface area contributed by atoms with Gasteiger partial charge in [0.1, 0.15) is 5.75 Å². The normalized spacial score (nSPS) is 10.8. The average Bonchev–Trinajstić information content (AvgIpc) is 3.50. The van der Waals surface area contributed by atoms with E-state index in [1.807, 2.05) is 60.1 Å². The number of nitrogens with two attached hydrogens (primary N) is 1. The number of rotatable bonds is 9. The second-order valence-electron chi connectivity index (χ2n) is 7.40. The number of carbonyl (C=O) groups excluding carboxylic acids is 1. The molecule has 4 rings (SSSR count). The van der Waals surface area contributed by atoms with Crippen molar-refractivity contribution in [3.63, 3.8) is 0 Å². The van der Waals surface area contributed by atoms with Gasteiger partial charge >= 0.3 is 0 Å². The van der Waals surface area contributed by atoms with Crippen molar-refractivity contribution in [3.05, 3.63) is 76.7 Å². The van der Waals surface area contributed by atoms with Crippen LogP contribution < -0.4 is 15.8 Å². The van der Waals surface area contributed by atoms with Crippen LogP contribution in [0.4, 0.5) is 11.4 Å². The Hall–Kier alpha value is -3.65. The lowest BCUT2D eigenvalue weighted by molar-refractivity contribution is -0.116. The van der Waals surface area contributed by atoms with Crippen molar-refractivity contribution in [2.45, 2.75) is 25.8 Å². The summed E-state index contributed by atoms with van der Waals surface area (Å²) in [6, 6.07) is 15.7. The molecule has 0 aliphatic carbocycles. The first-order valence-corrected chi connectivity index (χ1v) is 11.3. The second-order valence-corrected chi connectivity index (χ2v) is 8.18. The Labute approximate surface area is 190 Å². The van der Waals surface area contributed by atoms with Crippen molar-refractivity contribution >= 4 is 28.6 Å². The molecular formula is C24H25N5O2S. The SMILES string of the molecule is COc1ccccc1CCn1cc(CCC(=O)Nc2cc(-c3ccsc3)ccc2N)nn1. The molecule has 164 valence electrons. The molecular weight excluding hydrogens is 422 g/mol. The van der Waals surface area contributed by atoms with Crippen molar-refractivity contribution in [1.82, 2.24) is 15.0 Å². The topological polar surface area (TPSA) is 95.1 Å². The number of nitrogens with one attached hydrogen (secondary N) is 1.